The van der Waals surface area contributed by atoms with E-state index < -0.39 is 27.4 Å². The number of sulfonamides is 1. The highest BCUT2D eigenvalue weighted by atomic mass is 35.5. The van der Waals surface area contributed by atoms with Crippen molar-refractivity contribution >= 4 is 21.6 Å². The number of rotatable bonds is 10. The van der Waals surface area contributed by atoms with Crippen molar-refractivity contribution in [2.75, 3.05) is 19.3 Å². The molecule has 38 heavy (non-hydrogen) atoms. The van der Waals surface area contributed by atoms with Gasteiger partial charge in [0.15, 0.2) is 0 Å². The van der Waals surface area contributed by atoms with Crippen molar-refractivity contribution in [1.82, 2.24) is 4.31 Å². The predicted molar refractivity (Wildman–Crippen MR) is 144 cm³/mol. The molecule has 0 amide bonds. The fraction of sp³-hybridized carbons (Fsp3) is 0.379. The van der Waals surface area contributed by atoms with E-state index in [1.54, 1.807) is 6.07 Å². The molecule has 1 atom stereocenters. The van der Waals surface area contributed by atoms with Gasteiger partial charge in [0, 0.05) is 25.4 Å². The van der Waals surface area contributed by atoms with E-state index in [-0.39, 0.29) is 36.6 Å². The molecule has 204 valence electrons. The van der Waals surface area contributed by atoms with Gasteiger partial charge in [-0.1, -0.05) is 91.3 Å². The molecule has 1 heterocycles. The largest absolute Gasteiger partial charge is 0.417 e. The first-order valence-corrected chi connectivity index (χ1v) is 14.7. The van der Waals surface area contributed by atoms with Gasteiger partial charge in [-0.3, -0.25) is 0 Å². The summed E-state index contributed by atoms with van der Waals surface area (Å²) in [6.45, 7) is 2.36. The van der Waals surface area contributed by atoms with Crippen LogP contribution in [0.25, 0.3) is 0 Å². The first-order chi connectivity index (χ1) is 17.9. The Morgan fingerprint density at radius 1 is 0.947 bits per heavy atom. The molecular weight excluding hydrogens is 535 g/mol. The van der Waals surface area contributed by atoms with Crippen LogP contribution in [0.15, 0.2) is 78.9 Å². The third-order valence-corrected chi connectivity index (χ3v) is 8.90. The molecule has 0 bridgehead atoms. The van der Waals surface area contributed by atoms with E-state index in [9.17, 15) is 21.6 Å². The highest BCUT2D eigenvalue weighted by Gasteiger charge is 2.43. The van der Waals surface area contributed by atoms with Crippen LogP contribution >= 0.6 is 11.6 Å². The fourth-order valence-corrected chi connectivity index (χ4v) is 6.24. The summed E-state index contributed by atoms with van der Waals surface area (Å²) in [5, 5.41) is -0.330. The summed E-state index contributed by atoms with van der Waals surface area (Å²) in [6, 6.07) is 23.8. The molecule has 1 fully saturated rings. The average Bonchev–Trinajstić information content (AvgIpc) is 2.85. The van der Waals surface area contributed by atoms with Gasteiger partial charge in [-0.2, -0.15) is 17.5 Å². The smallest absolute Gasteiger partial charge is 0.369 e. The molecule has 1 aliphatic heterocycles. The number of hydrogen-bond acceptors (Lipinski definition) is 3. The highest BCUT2D eigenvalue weighted by molar-refractivity contribution is 7.88. The van der Waals surface area contributed by atoms with Gasteiger partial charge in [-0.15, -0.1) is 0 Å². The van der Waals surface area contributed by atoms with E-state index in [0.717, 1.165) is 23.4 Å². The molecule has 0 saturated carbocycles. The molecule has 3 aromatic rings. The summed E-state index contributed by atoms with van der Waals surface area (Å²) in [6.07, 6.45) is -2.69. The summed E-state index contributed by atoms with van der Waals surface area (Å²) in [5.41, 5.74) is 0.681. The topological polar surface area (TPSA) is 46.6 Å². The lowest BCUT2D eigenvalue weighted by molar-refractivity contribution is -0.139. The Morgan fingerprint density at radius 2 is 1.50 bits per heavy atom. The Bertz CT molecular complexity index is 1290. The maximum Gasteiger partial charge on any atom is 0.417 e. The molecular formula is C29H31ClF3NO3S. The summed E-state index contributed by atoms with van der Waals surface area (Å²) in [5.74, 6) is -0.104. The minimum Gasteiger partial charge on any atom is -0.369 e. The second-order valence-electron chi connectivity index (χ2n) is 9.89. The average molecular weight is 566 g/mol. The zero-order valence-corrected chi connectivity index (χ0v) is 22.9. The summed E-state index contributed by atoms with van der Waals surface area (Å²) < 4.78 is 72.8. The van der Waals surface area contributed by atoms with Crippen molar-refractivity contribution in [1.29, 1.82) is 0 Å². The Hall–Kier alpha value is -2.39. The lowest BCUT2D eigenvalue weighted by atomic mass is 9.77. The molecule has 0 spiro atoms. The van der Waals surface area contributed by atoms with Gasteiger partial charge < -0.3 is 4.74 Å². The molecule has 0 aromatic heterocycles. The van der Waals surface area contributed by atoms with Crippen LogP contribution in [0.1, 0.15) is 47.9 Å². The first kappa shape index (κ1) is 28.6. The van der Waals surface area contributed by atoms with Crippen LogP contribution in [0.5, 0.6) is 0 Å². The maximum absolute atomic E-state index is 13.6. The molecule has 4 nitrogen and oxygen atoms in total. The van der Waals surface area contributed by atoms with E-state index >= 15 is 0 Å². The number of hydrogen-bond donors (Lipinski definition) is 0. The highest BCUT2D eigenvalue weighted by Crippen LogP contribution is 2.42. The third kappa shape index (κ3) is 6.60. The molecule has 4 rings (SSSR count). The SMILES string of the molecule is CCC(Cc1cccc(C(F)(F)F)c1Cl)(CC(c1ccccc1)c1ccccc1)OC1CN(S(C)(=O)=O)C1. The molecule has 1 unspecified atom stereocenters. The number of benzene rings is 3. The van der Waals surface area contributed by atoms with Gasteiger partial charge in [0.05, 0.1) is 28.5 Å². The molecule has 0 aliphatic carbocycles. The minimum absolute atomic E-state index is 0.104. The van der Waals surface area contributed by atoms with E-state index in [1.165, 1.54) is 10.4 Å². The van der Waals surface area contributed by atoms with Crippen molar-refractivity contribution < 1.29 is 26.3 Å². The van der Waals surface area contributed by atoms with Crippen LogP contribution in [0, 0.1) is 0 Å². The lowest BCUT2D eigenvalue weighted by Gasteiger charge is -2.45. The second kappa shape index (κ2) is 11.4. The number of alkyl halides is 3. The fourth-order valence-electron chi connectivity index (χ4n) is 5.07. The van der Waals surface area contributed by atoms with E-state index in [0.29, 0.717) is 18.4 Å². The van der Waals surface area contributed by atoms with Crippen LogP contribution in [0.4, 0.5) is 13.2 Å². The van der Waals surface area contributed by atoms with Gasteiger partial charge in [0.2, 0.25) is 10.0 Å². The number of nitrogens with zero attached hydrogens (tertiary/aromatic N) is 1. The van der Waals surface area contributed by atoms with Crippen LogP contribution < -0.4 is 0 Å². The van der Waals surface area contributed by atoms with Crippen LogP contribution in [-0.2, 0) is 27.4 Å². The summed E-state index contributed by atoms with van der Waals surface area (Å²) in [4.78, 5) is 0. The molecule has 3 aromatic carbocycles. The lowest BCUT2D eigenvalue weighted by Crippen LogP contribution is -2.57. The maximum atomic E-state index is 13.6. The Labute approximate surface area is 227 Å². The summed E-state index contributed by atoms with van der Waals surface area (Å²) >= 11 is 6.33. The number of ether oxygens (including phenoxy) is 1. The molecule has 0 N–H and O–H groups in total. The zero-order chi connectivity index (χ0) is 27.6. The van der Waals surface area contributed by atoms with Crippen LogP contribution in [0.2, 0.25) is 5.02 Å². The van der Waals surface area contributed by atoms with Crippen LogP contribution in [0.3, 0.4) is 0 Å². The normalized spacial score (nSPS) is 16.8. The van der Waals surface area contributed by atoms with Crippen molar-refractivity contribution in [3.63, 3.8) is 0 Å². The standard InChI is InChI=1S/C29H31ClF3NO3S/c1-3-28(37-24-19-34(20-24)38(2,35)36,17-23-15-10-16-26(27(23)30)29(31,32)33)18-25(21-11-6-4-7-12-21)22-13-8-5-9-14-22/h4-16,24-25H,3,17-20H2,1-2H3. The van der Waals surface area contributed by atoms with Gasteiger partial charge in [0.1, 0.15) is 0 Å². The van der Waals surface area contributed by atoms with Crippen molar-refractivity contribution in [3.8, 4) is 0 Å². The third-order valence-electron chi connectivity index (χ3n) is 7.22. The molecule has 1 aliphatic rings. The molecule has 0 radical (unpaired) electrons. The van der Waals surface area contributed by atoms with Crippen LogP contribution in [-0.4, -0.2) is 43.8 Å². The Balaban J connectivity index is 1.74. The second-order valence-corrected chi connectivity index (χ2v) is 12.2. The predicted octanol–water partition coefficient (Wildman–Crippen LogP) is 6.93. The Kier molecular flexibility index (Phi) is 8.57. The van der Waals surface area contributed by atoms with Gasteiger partial charge in [-0.25, -0.2) is 8.42 Å². The van der Waals surface area contributed by atoms with Crippen molar-refractivity contribution in [3.05, 3.63) is 106 Å². The van der Waals surface area contributed by atoms with Gasteiger partial charge in [-0.05, 0) is 35.6 Å². The first-order valence-electron chi connectivity index (χ1n) is 12.5. The van der Waals surface area contributed by atoms with E-state index in [1.807, 2.05) is 67.6 Å². The minimum atomic E-state index is -4.58. The van der Waals surface area contributed by atoms with Crippen molar-refractivity contribution in [2.45, 2.75) is 50.0 Å². The Morgan fingerprint density at radius 3 is 1.97 bits per heavy atom. The van der Waals surface area contributed by atoms with Crippen molar-refractivity contribution in [2.24, 2.45) is 0 Å². The van der Waals surface area contributed by atoms with E-state index in [2.05, 4.69) is 0 Å². The number of halogens is 4. The zero-order valence-electron chi connectivity index (χ0n) is 21.3. The van der Waals surface area contributed by atoms with Gasteiger partial charge in [0.25, 0.3) is 0 Å². The van der Waals surface area contributed by atoms with Gasteiger partial charge >= 0.3 is 6.18 Å². The molecule has 1 saturated heterocycles. The molecule has 9 heteroatoms. The summed E-state index contributed by atoms with van der Waals surface area (Å²) in [7, 11) is -3.35. The van der Waals surface area contributed by atoms with E-state index in [4.69, 9.17) is 16.3 Å². The monoisotopic (exact) mass is 565 g/mol. The quantitative estimate of drug-likeness (QED) is 0.268.